The second-order valence-electron chi connectivity index (χ2n) is 6.58. The van der Waals surface area contributed by atoms with E-state index < -0.39 is 7.26 Å². The number of carbonyl (C=O) groups excluding carboxylic acids is 1. The molecule has 30 heavy (non-hydrogen) atoms. The number of carbonyl (C=O) groups is 1. The minimum absolute atomic E-state index is 0.154. The Bertz CT molecular complexity index is 943. The summed E-state index contributed by atoms with van der Waals surface area (Å²) in [5.74, 6) is -0.244. The number of benzene rings is 3. The fourth-order valence-electron chi connectivity index (χ4n) is 3.64. The quantitative estimate of drug-likeness (QED) is 0.353. The zero-order valence-corrected chi connectivity index (χ0v) is 20.1. The van der Waals surface area contributed by atoms with E-state index in [1.54, 1.807) is 23.5 Å². The van der Waals surface area contributed by atoms with Gasteiger partial charge in [0, 0.05) is 0 Å². The molecular formula is C24H22O2PS3+. The molecule has 0 spiro atoms. The highest BCUT2D eigenvalue weighted by molar-refractivity contribution is 8.39. The minimum atomic E-state index is -2.08. The summed E-state index contributed by atoms with van der Waals surface area (Å²) in [5, 5.41) is 3.96. The fraction of sp³-hybridized carbons (Fsp3) is 0.125. The van der Waals surface area contributed by atoms with E-state index in [4.69, 9.17) is 4.74 Å². The van der Waals surface area contributed by atoms with Gasteiger partial charge in [-0.3, -0.25) is 0 Å². The predicted molar refractivity (Wildman–Crippen MR) is 137 cm³/mol. The van der Waals surface area contributed by atoms with Gasteiger partial charge in [-0.2, -0.15) is 0 Å². The summed E-state index contributed by atoms with van der Waals surface area (Å²) in [6.45, 7) is 0. The monoisotopic (exact) mass is 469 g/mol. The van der Waals surface area contributed by atoms with Gasteiger partial charge >= 0.3 is 5.97 Å². The molecule has 6 heteroatoms. The Morgan fingerprint density at radius 3 is 1.60 bits per heavy atom. The van der Waals surface area contributed by atoms with Crippen molar-refractivity contribution in [3.63, 3.8) is 0 Å². The smallest absolute Gasteiger partial charge is 0.346 e. The number of thioether (sulfide) groups is 3. The predicted octanol–water partition coefficient (Wildman–Crippen LogP) is 5.45. The molecule has 0 aromatic heterocycles. The maximum atomic E-state index is 12.6. The van der Waals surface area contributed by atoms with Crippen molar-refractivity contribution in [2.75, 3.05) is 13.4 Å². The Balaban J connectivity index is 1.96. The number of rotatable bonds is 6. The molecule has 1 aliphatic heterocycles. The summed E-state index contributed by atoms with van der Waals surface area (Å²) in [4.78, 5) is 13.3. The van der Waals surface area contributed by atoms with Crippen LogP contribution in [0.4, 0.5) is 0 Å². The number of hydrogen-bond donors (Lipinski definition) is 0. The van der Waals surface area contributed by atoms with Gasteiger partial charge in [0.1, 0.15) is 28.1 Å². The van der Waals surface area contributed by atoms with Crippen molar-refractivity contribution < 1.29 is 9.53 Å². The van der Waals surface area contributed by atoms with E-state index in [0.29, 0.717) is 0 Å². The van der Waals surface area contributed by atoms with Gasteiger partial charge in [0.15, 0.2) is 4.32 Å². The molecule has 0 saturated carbocycles. The number of methoxy groups -OCH3 is 1. The largest absolute Gasteiger partial charge is 0.465 e. The van der Waals surface area contributed by atoms with E-state index in [-0.39, 0.29) is 10.3 Å². The standard InChI is InChI=1S/C24H22O2PS3/c1-26-22(25)21-23(28-2)30-24(29-21)27(18-12-6-3-7-13-18,19-14-8-4-9-15-19)20-16-10-5-11-17-20/h3-17,24H,1-2H3/q+1. The van der Waals surface area contributed by atoms with Crippen molar-refractivity contribution in [2.45, 2.75) is 4.32 Å². The van der Waals surface area contributed by atoms with Gasteiger partial charge in [0.2, 0.25) is 0 Å². The Labute approximate surface area is 191 Å². The lowest BCUT2D eigenvalue weighted by molar-refractivity contribution is -0.135. The van der Waals surface area contributed by atoms with Crippen molar-refractivity contribution in [3.8, 4) is 0 Å². The van der Waals surface area contributed by atoms with Crippen molar-refractivity contribution in [3.05, 3.63) is 100 Å². The highest BCUT2D eigenvalue weighted by Gasteiger charge is 2.56. The maximum Gasteiger partial charge on any atom is 0.346 e. The summed E-state index contributed by atoms with van der Waals surface area (Å²) in [6, 6.07) is 32.3. The van der Waals surface area contributed by atoms with Gasteiger partial charge in [-0.15, -0.1) is 11.8 Å². The van der Waals surface area contributed by atoms with E-state index in [1.165, 1.54) is 23.0 Å². The summed E-state index contributed by atoms with van der Waals surface area (Å²) >= 11 is 5.10. The lowest BCUT2D eigenvalue weighted by atomic mass is 10.4. The summed E-state index contributed by atoms with van der Waals surface area (Å²) in [6.07, 6.45) is 2.03. The molecule has 2 nitrogen and oxygen atoms in total. The number of ether oxygens (including phenoxy) is 1. The summed E-state index contributed by atoms with van der Waals surface area (Å²) in [7, 11) is -0.618. The van der Waals surface area contributed by atoms with Gasteiger partial charge in [0.05, 0.1) is 11.3 Å². The van der Waals surface area contributed by atoms with Crippen LogP contribution in [0.5, 0.6) is 0 Å². The van der Waals surface area contributed by atoms with E-state index in [0.717, 1.165) is 9.14 Å². The second-order valence-corrected chi connectivity index (χ2v) is 14.4. The van der Waals surface area contributed by atoms with Gasteiger partial charge in [-0.05, 0) is 42.7 Å². The highest BCUT2D eigenvalue weighted by atomic mass is 32.2. The van der Waals surface area contributed by atoms with Gasteiger partial charge < -0.3 is 4.74 Å². The molecule has 3 aromatic rings. The molecule has 1 unspecified atom stereocenters. The molecule has 0 fully saturated rings. The Hall–Kier alpha value is -1.65. The lowest BCUT2D eigenvalue weighted by Gasteiger charge is -2.31. The average molecular weight is 470 g/mol. The maximum absolute atomic E-state index is 12.6. The Morgan fingerprint density at radius 1 is 0.800 bits per heavy atom. The van der Waals surface area contributed by atoms with Crippen LogP contribution in [-0.2, 0) is 9.53 Å². The van der Waals surface area contributed by atoms with Crippen molar-refractivity contribution in [1.82, 2.24) is 0 Å². The molecule has 3 aromatic carbocycles. The lowest BCUT2D eigenvalue weighted by Crippen LogP contribution is -2.36. The average Bonchev–Trinajstić information content (AvgIpc) is 3.26. The van der Waals surface area contributed by atoms with Crippen LogP contribution < -0.4 is 15.9 Å². The molecular weight excluding hydrogens is 447 g/mol. The van der Waals surface area contributed by atoms with Crippen LogP contribution in [-0.4, -0.2) is 23.7 Å². The van der Waals surface area contributed by atoms with Gasteiger partial charge in [-0.1, -0.05) is 78.1 Å². The third kappa shape index (κ3) is 3.85. The summed E-state index contributed by atoms with van der Waals surface area (Å²) < 4.78 is 6.31. The third-order valence-electron chi connectivity index (χ3n) is 4.97. The van der Waals surface area contributed by atoms with E-state index >= 15 is 0 Å². The molecule has 152 valence electrons. The zero-order valence-electron chi connectivity index (χ0n) is 16.7. The van der Waals surface area contributed by atoms with Crippen LogP contribution in [0.1, 0.15) is 0 Å². The van der Waals surface area contributed by atoms with Crippen LogP contribution in [0.15, 0.2) is 100 Å². The van der Waals surface area contributed by atoms with Crippen LogP contribution in [0, 0.1) is 0 Å². The van der Waals surface area contributed by atoms with Crippen molar-refractivity contribution in [1.29, 1.82) is 0 Å². The first-order valence-electron chi connectivity index (χ1n) is 9.47. The number of hydrogen-bond acceptors (Lipinski definition) is 5. The van der Waals surface area contributed by atoms with E-state index in [2.05, 4.69) is 91.0 Å². The fourth-order valence-corrected chi connectivity index (χ4v) is 14.9. The molecule has 1 aliphatic rings. The molecule has 0 saturated heterocycles. The molecule has 1 heterocycles. The SMILES string of the molecule is COC(=O)C1=C(SC)SC([P+](c2ccccc2)(c2ccccc2)c2ccccc2)S1. The van der Waals surface area contributed by atoms with Gasteiger partial charge in [0.25, 0.3) is 0 Å². The highest BCUT2D eigenvalue weighted by Crippen LogP contribution is 2.72. The first kappa shape index (κ1) is 21.6. The normalized spacial score (nSPS) is 16.5. The molecule has 0 N–H and O–H groups in total. The summed E-state index contributed by atoms with van der Waals surface area (Å²) in [5.41, 5.74) is 0. The topological polar surface area (TPSA) is 26.3 Å². The van der Waals surface area contributed by atoms with Crippen molar-refractivity contribution >= 4 is 64.4 Å². The van der Waals surface area contributed by atoms with Crippen LogP contribution in [0.2, 0.25) is 0 Å². The van der Waals surface area contributed by atoms with Crippen molar-refractivity contribution in [2.24, 2.45) is 0 Å². The molecule has 0 bridgehead atoms. The minimum Gasteiger partial charge on any atom is -0.465 e. The van der Waals surface area contributed by atoms with Crippen LogP contribution in [0.25, 0.3) is 0 Å². The van der Waals surface area contributed by atoms with Gasteiger partial charge in [-0.25, -0.2) is 4.79 Å². The van der Waals surface area contributed by atoms with E-state index in [1.807, 2.05) is 18.0 Å². The van der Waals surface area contributed by atoms with E-state index in [9.17, 15) is 4.79 Å². The Kier molecular flexibility index (Phi) is 6.94. The molecule has 0 radical (unpaired) electrons. The van der Waals surface area contributed by atoms with Crippen LogP contribution >= 0.6 is 42.5 Å². The Morgan fingerprint density at radius 2 is 1.23 bits per heavy atom. The first-order valence-corrected chi connectivity index (χ1v) is 14.3. The third-order valence-corrected chi connectivity index (χ3v) is 15.1. The molecule has 0 amide bonds. The molecule has 1 atom stereocenters. The second kappa shape index (κ2) is 9.65. The molecule has 0 aliphatic carbocycles. The number of esters is 1. The first-order chi connectivity index (χ1) is 14.7. The zero-order chi connectivity index (χ0) is 21.0. The van der Waals surface area contributed by atoms with Crippen LogP contribution in [0.3, 0.4) is 0 Å². The molecule has 4 rings (SSSR count).